The van der Waals surface area contributed by atoms with Crippen LogP contribution in [0.4, 0.5) is 0 Å². The lowest BCUT2D eigenvalue weighted by Gasteiger charge is -2.26. The maximum Gasteiger partial charge on any atom is 0.0963 e. The molecule has 120 valence electrons. The molecular formula is C17H30N2OS. The first-order valence-corrected chi connectivity index (χ1v) is 9.16. The van der Waals surface area contributed by atoms with E-state index in [1.165, 1.54) is 42.0 Å². The molecule has 1 saturated carbocycles. The molecule has 1 N–H and O–H groups in total. The maximum absolute atomic E-state index is 5.33. The van der Waals surface area contributed by atoms with Gasteiger partial charge in [0, 0.05) is 30.5 Å². The van der Waals surface area contributed by atoms with E-state index in [9.17, 15) is 0 Å². The lowest BCUT2D eigenvalue weighted by atomic mass is 9.81. The standard InChI is InChI=1S/C17H30N2OS/c1-5-13-6-8-14(9-7-13)17-19-15(11-20-4)16(21-17)10-18-12(2)3/h12-14,18H,5-11H2,1-4H3. The van der Waals surface area contributed by atoms with Crippen LogP contribution < -0.4 is 5.32 Å². The van der Waals surface area contributed by atoms with E-state index in [0.717, 1.165) is 18.2 Å². The molecule has 1 aliphatic rings. The number of ether oxygens (including phenoxy) is 1. The highest BCUT2D eigenvalue weighted by atomic mass is 32.1. The minimum atomic E-state index is 0.505. The summed E-state index contributed by atoms with van der Waals surface area (Å²) in [6.45, 7) is 8.24. The lowest BCUT2D eigenvalue weighted by Crippen LogP contribution is -2.21. The van der Waals surface area contributed by atoms with Gasteiger partial charge in [0.05, 0.1) is 17.3 Å². The summed E-state index contributed by atoms with van der Waals surface area (Å²) >= 11 is 1.90. The molecule has 1 fully saturated rings. The summed E-state index contributed by atoms with van der Waals surface area (Å²) < 4.78 is 5.33. The van der Waals surface area contributed by atoms with Gasteiger partial charge in [0.25, 0.3) is 0 Å². The third-order valence-electron chi connectivity index (χ3n) is 4.52. The third-order valence-corrected chi connectivity index (χ3v) is 5.78. The van der Waals surface area contributed by atoms with Crippen LogP contribution in [-0.4, -0.2) is 18.1 Å². The second kappa shape index (κ2) is 8.25. The van der Waals surface area contributed by atoms with Crippen molar-refractivity contribution in [3.63, 3.8) is 0 Å². The van der Waals surface area contributed by atoms with Crippen molar-refractivity contribution in [2.45, 2.75) is 78.0 Å². The zero-order valence-corrected chi connectivity index (χ0v) is 14.8. The van der Waals surface area contributed by atoms with Crippen molar-refractivity contribution in [2.24, 2.45) is 5.92 Å². The van der Waals surface area contributed by atoms with Crippen molar-refractivity contribution >= 4 is 11.3 Å². The Morgan fingerprint density at radius 2 is 2.00 bits per heavy atom. The van der Waals surface area contributed by atoms with Gasteiger partial charge in [-0.1, -0.05) is 27.2 Å². The molecule has 1 heterocycles. The van der Waals surface area contributed by atoms with Crippen LogP contribution in [-0.2, 0) is 17.9 Å². The zero-order valence-electron chi connectivity index (χ0n) is 13.9. The topological polar surface area (TPSA) is 34.1 Å². The third kappa shape index (κ3) is 4.76. The quantitative estimate of drug-likeness (QED) is 0.806. The molecule has 0 bridgehead atoms. The van der Waals surface area contributed by atoms with Crippen molar-refractivity contribution < 1.29 is 4.74 Å². The summed E-state index contributed by atoms with van der Waals surface area (Å²) in [7, 11) is 1.76. The van der Waals surface area contributed by atoms with Crippen molar-refractivity contribution in [1.29, 1.82) is 0 Å². The molecule has 0 aliphatic heterocycles. The van der Waals surface area contributed by atoms with Crippen LogP contribution in [0.15, 0.2) is 0 Å². The monoisotopic (exact) mass is 310 g/mol. The molecule has 0 radical (unpaired) electrons. The molecule has 0 aromatic carbocycles. The van der Waals surface area contributed by atoms with Crippen LogP contribution in [0.1, 0.15) is 74.4 Å². The Kier molecular flexibility index (Phi) is 6.65. The summed E-state index contributed by atoms with van der Waals surface area (Å²) in [6.07, 6.45) is 6.72. The minimum Gasteiger partial charge on any atom is -0.378 e. The van der Waals surface area contributed by atoms with Crippen molar-refractivity contribution in [2.75, 3.05) is 7.11 Å². The van der Waals surface area contributed by atoms with Gasteiger partial charge in [-0.15, -0.1) is 11.3 Å². The number of thiazole rings is 1. The van der Waals surface area contributed by atoms with E-state index in [2.05, 4.69) is 26.1 Å². The van der Waals surface area contributed by atoms with Crippen molar-refractivity contribution in [3.8, 4) is 0 Å². The second-order valence-electron chi connectivity index (χ2n) is 6.52. The number of hydrogen-bond acceptors (Lipinski definition) is 4. The molecule has 4 heteroatoms. The molecule has 0 unspecified atom stereocenters. The molecule has 0 saturated heterocycles. The fourth-order valence-electron chi connectivity index (χ4n) is 3.08. The van der Waals surface area contributed by atoms with Gasteiger partial charge in [-0.25, -0.2) is 4.98 Å². The highest BCUT2D eigenvalue weighted by Gasteiger charge is 2.25. The number of nitrogens with one attached hydrogen (secondary N) is 1. The van der Waals surface area contributed by atoms with E-state index in [-0.39, 0.29) is 0 Å². The van der Waals surface area contributed by atoms with Crippen molar-refractivity contribution in [3.05, 3.63) is 15.6 Å². The summed E-state index contributed by atoms with van der Waals surface area (Å²) in [6, 6.07) is 0.505. The average molecular weight is 311 g/mol. The molecule has 1 aromatic heterocycles. The van der Waals surface area contributed by atoms with E-state index in [4.69, 9.17) is 9.72 Å². The second-order valence-corrected chi connectivity index (χ2v) is 7.63. The number of hydrogen-bond donors (Lipinski definition) is 1. The van der Waals surface area contributed by atoms with Gasteiger partial charge in [0.1, 0.15) is 0 Å². The Morgan fingerprint density at radius 3 is 2.57 bits per heavy atom. The lowest BCUT2D eigenvalue weighted by molar-refractivity contribution is 0.181. The first-order valence-electron chi connectivity index (χ1n) is 8.34. The van der Waals surface area contributed by atoms with Gasteiger partial charge in [0.2, 0.25) is 0 Å². The molecular weight excluding hydrogens is 280 g/mol. The number of methoxy groups -OCH3 is 1. The van der Waals surface area contributed by atoms with Gasteiger partial charge in [0.15, 0.2) is 0 Å². The Hall–Kier alpha value is -0.450. The molecule has 0 amide bonds. The predicted octanol–water partition coefficient (Wildman–Crippen LogP) is 4.47. The fraction of sp³-hybridized carbons (Fsp3) is 0.824. The molecule has 21 heavy (non-hydrogen) atoms. The summed E-state index contributed by atoms with van der Waals surface area (Å²) in [5, 5.41) is 4.85. The summed E-state index contributed by atoms with van der Waals surface area (Å²) in [5.41, 5.74) is 1.14. The van der Waals surface area contributed by atoms with E-state index < -0.39 is 0 Å². The Balaban J connectivity index is 2.04. The van der Waals surface area contributed by atoms with Crippen LogP contribution in [0, 0.1) is 5.92 Å². The average Bonchev–Trinajstić information content (AvgIpc) is 2.89. The highest BCUT2D eigenvalue weighted by Crippen LogP contribution is 2.39. The Bertz CT molecular complexity index is 422. The predicted molar refractivity (Wildman–Crippen MR) is 89.8 cm³/mol. The summed E-state index contributed by atoms with van der Waals surface area (Å²) in [4.78, 5) is 6.27. The van der Waals surface area contributed by atoms with Gasteiger partial charge in [-0.05, 0) is 31.6 Å². The van der Waals surface area contributed by atoms with Gasteiger partial charge in [-0.3, -0.25) is 0 Å². The summed E-state index contributed by atoms with van der Waals surface area (Å²) in [5.74, 6) is 1.63. The Morgan fingerprint density at radius 1 is 1.29 bits per heavy atom. The fourth-order valence-corrected chi connectivity index (χ4v) is 4.27. The van der Waals surface area contributed by atoms with Crippen molar-refractivity contribution in [1.82, 2.24) is 10.3 Å². The molecule has 3 nitrogen and oxygen atoms in total. The van der Waals surface area contributed by atoms with E-state index >= 15 is 0 Å². The SMILES string of the molecule is CCC1CCC(c2nc(COC)c(CNC(C)C)s2)CC1. The van der Waals surface area contributed by atoms with Crippen LogP contribution in [0.3, 0.4) is 0 Å². The van der Waals surface area contributed by atoms with Crippen LogP contribution >= 0.6 is 11.3 Å². The first-order chi connectivity index (χ1) is 10.1. The van der Waals surface area contributed by atoms with Crippen LogP contribution in [0.5, 0.6) is 0 Å². The van der Waals surface area contributed by atoms with E-state index in [1.807, 2.05) is 11.3 Å². The minimum absolute atomic E-state index is 0.505. The highest BCUT2D eigenvalue weighted by molar-refractivity contribution is 7.11. The molecule has 0 spiro atoms. The largest absolute Gasteiger partial charge is 0.378 e. The maximum atomic E-state index is 5.33. The van der Waals surface area contributed by atoms with Gasteiger partial charge >= 0.3 is 0 Å². The molecule has 2 rings (SSSR count). The van der Waals surface area contributed by atoms with Crippen LogP contribution in [0.2, 0.25) is 0 Å². The Labute approximate surface area is 133 Å². The zero-order chi connectivity index (χ0) is 15.2. The molecule has 1 aromatic rings. The number of nitrogens with zero attached hydrogens (tertiary/aromatic N) is 1. The van der Waals surface area contributed by atoms with Gasteiger partial charge < -0.3 is 10.1 Å². The smallest absolute Gasteiger partial charge is 0.0963 e. The number of rotatable bonds is 7. The van der Waals surface area contributed by atoms with E-state index in [0.29, 0.717) is 18.6 Å². The molecule has 1 aliphatic carbocycles. The van der Waals surface area contributed by atoms with Crippen LogP contribution in [0.25, 0.3) is 0 Å². The molecule has 0 atom stereocenters. The van der Waals surface area contributed by atoms with E-state index in [1.54, 1.807) is 7.11 Å². The van der Waals surface area contributed by atoms with Gasteiger partial charge in [-0.2, -0.15) is 0 Å². The normalized spacial score (nSPS) is 22.9. The first kappa shape index (κ1) is 16.9. The number of aromatic nitrogens is 1.